The van der Waals surface area contributed by atoms with Crippen molar-refractivity contribution in [3.05, 3.63) is 48.0 Å². The summed E-state index contributed by atoms with van der Waals surface area (Å²) in [5.41, 5.74) is 0.855. The molecule has 0 fully saturated rings. The number of carboxylic acid groups (broad SMARTS) is 1. The van der Waals surface area contributed by atoms with E-state index in [1.165, 1.54) is 0 Å². The van der Waals surface area contributed by atoms with Crippen LogP contribution < -0.4 is 4.74 Å². The number of methoxy groups -OCH3 is 1. The maximum atomic E-state index is 10.4. The predicted octanol–water partition coefficient (Wildman–Crippen LogP) is 2.95. The normalized spacial score (nSPS) is 10.9. The molecule has 0 bridgehead atoms. The molecule has 86 valence electrons. The molecular weight excluding hydrogens is 216 g/mol. The van der Waals surface area contributed by atoms with Gasteiger partial charge in [-0.25, -0.2) is 4.79 Å². The Kier molecular flexibility index (Phi) is 3.10. The molecule has 0 aromatic heterocycles. The smallest absolute Gasteiger partial charge is 0.328 e. The fourth-order valence-corrected chi connectivity index (χ4v) is 1.72. The quantitative estimate of drug-likeness (QED) is 0.821. The molecule has 2 rings (SSSR count). The Hall–Kier alpha value is -2.29. The van der Waals surface area contributed by atoms with E-state index in [1.54, 1.807) is 13.2 Å². The van der Waals surface area contributed by atoms with Crippen molar-refractivity contribution in [3.63, 3.8) is 0 Å². The van der Waals surface area contributed by atoms with E-state index in [0.717, 1.165) is 28.2 Å². The Morgan fingerprint density at radius 1 is 1.29 bits per heavy atom. The maximum Gasteiger partial charge on any atom is 0.328 e. The van der Waals surface area contributed by atoms with Crippen molar-refractivity contribution in [2.75, 3.05) is 7.11 Å². The van der Waals surface area contributed by atoms with Crippen molar-refractivity contribution >= 4 is 22.8 Å². The van der Waals surface area contributed by atoms with Crippen molar-refractivity contribution < 1.29 is 14.6 Å². The fraction of sp³-hybridized carbons (Fsp3) is 0.0714. The summed E-state index contributed by atoms with van der Waals surface area (Å²) in [7, 11) is 1.63. The van der Waals surface area contributed by atoms with Gasteiger partial charge in [0.15, 0.2) is 0 Å². The Bertz CT molecular complexity index is 585. The number of fused-ring (bicyclic) bond motifs is 1. The van der Waals surface area contributed by atoms with E-state index in [2.05, 4.69) is 0 Å². The zero-order chi connectivity index (χ0) is 12.3. The molecule has 0 amide bonds. The molecule has 0 aliphatic rings. The van der Waals surface area contributed by atoms with Crippen molar-refractivity contribution in [1.29, 1.82) is 0 Å². The van der Waals surface area contributed by atoms with Crippen LogP contribution in [0.25, 0.3) is 16.8 Å². The van der Waals surface area contributed by atoms with Gasteiger partial charge in [-0.2, -0.15) is 0 Å². The minimum Gasteiger partial charge on any atom is -0.496 e. The Balaban J connectivity index is 2.48. The molecule has 3 nitrogen and oxygen atoms in total. The summed E-state index contributed by atoms with van der Waals surface area (Å²) >= 11 is 0. The Labute approximate surface area is 99.0 Å². The van der Waals surface area contributed by atoms with E-state index in [4.69, 9.17) is 9.84 Å². The first-order valence-corrected chi connectivity index (χ1v) is 5.18. The largest absolute Gasteiger partial charge is 0.496 e. The van der Waals surface area contributed by atoms with Gasteiger partial charge in [-0.05, 0) is 29.2 Å². The molecule has 0 heterocycles. The minimum absolute atomic E-state index is 0.816. The summed E-state index contributed by atoms with van der Waals surface area (Å²) in [6.07, 6.45) is 2.70. The van der Waals surface area contributed by atoms with Crippen LogP contribution in [0.5, 0.6) is 5.75 Å². The molecule has 2 aromatic rings. The Morgan fingerprint density at radius 3 is 2.82 bits per heavy atom. The summed E-state index contributed by atoms with van der Waals surface area (Å²) < 4.78 is 5.25. The number of rotatable bonds is 3. The summed E-state index contributed by atoms with van der Waals surface area (Å²) in [5, 5.41) is 10.6. The Morgan fingerprint density at radius 2 is 2.12 bits per heavy atom. The van der Waals surface area contributed by atoms with Gasteiger partial charge in [0.05, 0.1) is 7.11 Å². The van der Waals surface area contributed by atoms with E-state index >= 15 is 0 Å². The second-order valence-electron chi connectivity index (χ2n) is 3.61. The van der Waals surface area contributed by atoms with Gasteiger partial charge in [-0.3, -0.25) is 0 Å². The number of carbonyl (C=O) groups is 1. The highest BCUT2D eigenvalue weighted by Gasteiger charge is 2.00. The average molecular weight is 228 g/mol. The van der Waals surface area contributed by atoms with Gasteiger partial charge in [-0.15, -0.1) is 0 Å². The van der Waals surface area contributed by atoms with E-state index < -0.39 is 5.97 Å². The van der Waals surface area contributed by atoms with E-state index in [-0.39, 0.29) is 0 Å². The standard InChI is InChI=1S/C14H12O3/c1-17-13-4-2-3-11-9-10(5-7-12(11)13)6-8-14(15)16/h2-9H,1H3,(H,15,16). The van der Waals surface area contributed by atoms with Crippen LogP contribution in [0.15, 0.2) is 42.5 Å². The molecule has 0 radical (unpaired) electrons. The van der Waals surface area contributed by atoms with Crippen LogP contribution in [-0.4, -0.2) is 18.2 Å². The number of hydrogen-bond donors (Lipinski definition) is 1. The molecule has 0 saturated heterocycles. The number of carboxylic acids is 1. The highest BCUT2D eigenvalue weighted by Crippen LogP contribution is 2.26. The van der Waals surface area contributed by atoms with Crippen molar-refractivity contribution in [1.82, 2.24) is 0 Å². The first-order valence-electron chi connectivity index (χ1n) is 5.18. The zero-order valence-corrected chi connectivity index (χ0v) is 9.38. The number of hydrogen-bond acceptors (Lipinski definition) is 2. The summed E-state index contributed by atoms with van der Waals surface area (Å²) in [4.78, 5) is 10.4. The monoisotopic (exact) mass is 228 g/mol. The fourth-order valence-electron chi connectivity index (χ4n) is 1.72. The lowest BCUT2D eigenvalue weighted by Gasteiger charge is -2.05. The number of benzene rings is 2. The van der Waals surface area contributed by atoms with Gasteiger partial charge in [0.25, 0.3) is 0 Å². The molecule has 2 aromatic carbocycles. The lowest BCUT2D eigenvalue weighted by molar-refractivity contribution is -0.131. The molecule has 0 saturated carbocycles. The van der Waals surface area contributed by atoms with Gasteiger partial charge >= 0.3 is 5.97 Å². The van der Waals surface area contributed by atoms with Gasteiger partial charge in [-0.1, -0.05) is 24.3 Å². The first-order chi connectivity index (χ1) is 8.20. The number of aliphatic carboxylic acids is 1. The van der Waals surface area contributed by atoms with Gasteiger partial charge < -0.3 is 9.84 Å². The second-order valence-corrected chi connectivity index (χ2v) is 3.61. The van der Waals surface area contributed by atoms with Crippen LogP contribution in [0.3, 0.4) is 0 Å². The lowest BCUT2D eigenvalue weighted by Crippen LogP contribution is -1.87. The van der Waals surface area contributed by atoms with Crippen molar-refractivity contribution in [2.45, 2.75) is 0 Å². The van der Waals surface area contributed by atoms with Crippen LogP contribution in [0.2, 0.25) is 0 Å². The van der Waals surface area contributed by atoms with Crippen molar-refractivity contribution in [3.8, 4) is 5.75 Å². The lowest BCUT2D eigenvalue weighted by atomic mass is 10.1. The van der Waals surface area contributed by atoms with Gasteiger partial charge in [0.1, 0.15) is 5.75 Å². The van der Waals surface area contributed by atoms with E-state index in [1.807, 2.05) is 36.4 Å². The summed E-state index contributed by atoms with van der Waals surface area (Å²) in [5.74, 6) is -0.132. The summed E-state index contributed by atoms with van der Waals surface area (Å²) in [6, 6.07) is 11.5. The van der Waals surface area contributed by atoms with Crippen LogP contribution in [0.4, 0.5) is 0 Å². The third kappa shape index (κ3) is 2.45. The molecule has 0 aliphatic carbocycles. The van der Waals surface area contributed by atoms with E-state index in [0.29, 0.717) is 0 Å². The topological polar surface area (TPSA) is 46.5 Å². The molecule has 0 atom stereocenters. The highest BCUT2D eigenvalue weighted by atomic mass is 16.5. The maximum absolute atomic E-state index is 10.4. The van der Waals surface area contributed by atoms with Gasteiger partial charge in [0, 0.05) is 11.5 Å². The zero-order valence-electron chi connectivity index (χ0n) is 9.38. The molecule has 1 N–H and O–H groups in total. The van der Waals surface area contributed by atoms with Crippen LogP contribution in [0, 0.1) is 0 Å². The van der Waals surface area contributed by atoms with E-state index in [9.17, 15) is 4.79 Å². The van der Waals surface area contributed by atoms with Crippen molar-refractivity contribution in [2.24, 2.45) is 0 Å². The highest BCUT2D eigenvalue weighted by molar-refractivity contribution is 5.91. The number of ether oxygens (including phenoxy) is 1. The summed E-state index contributed by atoms with van der Waals surface area (Å²) in [6.45, 7) is 0. The third-order valence-electron chi connectivity index (χ3n) is 2.50. The molecule has 0 spiro atoms. The third-order valence-corrected chi connectivity index (χ3v) is 2.50. The van der Waals surface area contributed by atoms with Crippen LogP contribution >= 0.6 is 0 Å². The molecule has 0 unspecified atom stereocenters. The average Bonchev–Trinajstić information content (AvgIpc) is 2.35. The SMILES string of the molecule is COc1cccc2cc(C=CC(=O)O)ccc12. The second kappa shape index (κ2) is 4.70. The predicted molar refractivity (Wildman–Crippen MR) is 67.2 cm³/mol. The minimum atomic E-state index is -0.948. The molecule has 0 aliphatic heterocycles. The van der Waals surface area contributed by atoms with Crippen LogP contribution in [0.1, 0.15) is 5.56 Å². The van der Waals surface area contributed by atoms with Gasteiger partial charge in [0.2, 0.25) is 0 Å². The molecule has 3 heteroatoms. The van der Waals surface area contributed by atoms with Crippen LogP contribution in [-0.2, 0) is 4.79 Å². The molecule has 17 heavy (non-hydrogen) atoms. The molecular formula is C14H12O3. The first kappa shape index (κ1) is 11.2.